The predicted octanol–water partition coefficient (Wildman–Crippen LogP) is 13.9. The van der Waals surface area contributed by atoms with E-state index in [2.05, 4.69) is 169 Å². The fourth-order valence-electron chi connectivity index (χ4n) is 7.31. The molecule has 0 aliphatic carbocycles. The van der Waals surface area contributed by atoms with Crippen molar-refractivity contribution in [3.8, 4) is 11.1 Å². The molecule has 47 heavy (non-hydrogen) atoms. The molecule has 0 saturated carbocycles. The summed E-state index contributed by atoms with van der Waals surface area (Å²) in [4.78, 5) is 2.46. The van der Waals surface area contributed by atoms with Gasteiger partial charge in [-0.25, -0.2) is 0 Å². The number of benzene rings is 8. The lowest BCUT2D eigenvalue weighted by Crippen LogP contribution is -2.10. The maximum absolute atomic E-state index is 2.46. The molecule has 0 radical (unpaired) electrons. The van der Waals surface area contributed by atoms with Gasteiger partial charge in [0.1, 0.15) is 0 Å². The standard InChI is InChI=1S/C44H27NS2/c1-2-11-33-28(9-1)10-7-14-34(33)29-19-23-31(24-20-29)45(38-15-8-18-41-44(38)36-13-4-6-17-40(36)46-41)32-25-21-30-22-26-42-43(37(30)27-32)35-12-3-5-16-39(35)47-42/h1-27H. The van der Waals surface area contributed by atoms with Gasteiger partial charge < -0.3 is 4.90 Å². The van der Waals surface area contributed by atoms with Gasteiger partial charge in [-0.1, -0.05) is 109 Å². The molecule has 0 fully saturated rings. The number of hydrogen-bond acceptors (Lipinski definition) is 3. The molecule has 0 aliphatic rings. The quantitative estimate of drug-likeness (QED) is 0.186. The highest BCUT2D eigenvalue weighted by molar-refractivity contribution is 7.26. The zero-order valence-corrected chi connectivity index (χ0v) is 27.0. The number of anilines is 3. The largest absolute Gasteiger partial charge is 0.310 e. The van der Waals surface area contributed by atoms with Crippen LogP contribution in [0.15, 0.2) is 164 Å². The Kier molecular flexibility index (Phi) is 5.98. The summed E-state index contributed by atoms with van der Waals surface area (Å²) in [5.74, 6) is 0. The first-order valence-electron chi connectivity index (χ1n) is 15.9. The van der Waals surface area contributed by atoms with E-state index in [1.165, 1.54) is 78.7 Å². The number of fused-ring (bicyclic) bond motifs is 9. The van der Waals surface area contributed by atoms with Gasteiger partial charge in [-0.15, -0.1) is 22.7 Å². The van der Waals surface area contributed by atoms with Crippen LogP contribution in [0, 0.1) is 0 Å². The van der Waals surface area contributed by atoms with Gasteiger partial charge >= 0.3 is 0 Å². The minimum absolute atomic E-state index is 1.14. The van der Waals surface area contributed by atoms with Crippen LogP contribution in [-0.4, -0.2) is 0 Å². The number of thiophene rings is 2. The summed E-state index contributed by atoms with van der Waals surface area (Å²) in [5.41, 5.74) is 5.96. The average molecular weight is 634 g/mol. The van der Waals surface area contributed by atoms with Gasteiger partial charge in [0.2, 0.25) is 0 Å². The monoisotopic (exact) mass is 633 g/mol. The third kappa shape index (κ3) is 4.21. The van der Waals surface area contributed by atoms with E-state index < -0.39 is 0 Å². The number of nitrogens with zero attached hydrogens (tertiary/aromatic N) is 1. The average Bonchev–Trinajstić information content (AvgIpc) is 3.71. The van der Waals surface area contributed by atoms with Crippen molar-refractivity contribution >= 4 is 102 Å². The van der Waals surface area contributed by atoms with Crippen molar-refractivity contribution in [1.29, 1.82) is 0 Å². The topological polar surface area (TPSA) is 3.24 Å². The second-order valence-corrected chi connectivity index (χ2v) is 14.3. The highest BCUT2D eigenvalue weighted by atomic mass is 32.1. The van der Waals surface area contributed by atoms with Crippen LogP contribution in [0.25, 0.3) is 73.0 Å². The molecule has 0 atom stereocenters. The third-order valence-electron chi connectivity index (χ3n) is 9.45. The third-order valence-corrected chi connectivity index (χ3v) is 11.7. The van der Waals surface area contributed by atoms with Gasteiger partial charge in [0, 0.05) is 51.7 Å². The molecule has 0 spiro atoms. The zero-order valence-electron chi connectivity index (χ0n) is 25.4. The molecule has 2 heterocycles. The normalized spacial score (nSPS) is 11.8. The van der Waals surface area contributed by atoms with Crippen molar-refractivity contribution in [3.63, 3.8) is 0 Å². The fourth-order valence-corrected chi connectivity index (χ4v) is 9.56. The summed E-state index contributed by atoms with van der Waals surface area (Å²) < 4.78 is 5.27. The van der Waals surface area contributed by atoms with Crippen molar-refractivity contribution in [2.45, 2.75) is 0 Å². The number of rotatable bonds is 4. The van der Waals surface area contributed by atoms with Gasteiger partial charge in [0.15, 0.2) is 0 Å². The highest BCUT2D eigenvalue weighted by Gasteiger charge is 2.20. The van der Waals surface area contributed by atoms with Crippen LogP contribution in [-0.2, 0) is 0 Å². The Morgan fingerprint density at radius 1 is 0.362 bits per heavy atom. The van der Waals surface area contributed by atoms with E-state index >= 15 is 0 Å². The molecule has 8 aromatic carbocycles. The van der Waals surface area contributed by atoms with E-state index in [1.54, 1.807) is 0 Å². The van der Waals surface area contributed by atoms with Crippen molar-refractivity contribution < 1.29 is 0 Å². The molecule has 220 valence electrons. The minimum atomic E-state index is 1.14. The smallest absolute Gasteiger partial charge is 0.0554 e. The molecule has 2 aromatic heterocycles. The molecule has 3 heteroatoms. The first-order valence-corrected chi connectivity index (χ1v) is 17.6. The molecule has 1 nitrogen and oxygen atoms in total. The van der Waals surface area contributed by atoms with Crippen molar-refractivity contribution in [2.75, 3.05) is 4.90 Å². The second kappa shape index (κ2) is 10.5. The first-order chi connectivity index (χ1) is 23.3. The predicted molar refractivity (Wildman–Crippen MR) is 207 cm³/mol. The Balaban J connectivity index is 1.23. The molecular formula is C44H27NS2. The molecule has 0 amide bonds. The summed E-state index contributed by atoms with van der Waals surface area (Å²) in [6.07, 6.45) is 0. The van der Waals surface area contributed by atoms with E-state index in [0.29, 0.717) is 0 Å². The molecule has 0 N–H and O–H groups in total. The van der Waals surface area contributed by atoms with E-state index in [-0.39, 0.29) is 0 Å². The summed E-state index contributed by atoms with van der Waals surface area (Å²) in [6.45, 7) is 0. The molecule has 0 bridgehead atoms. The van der Waals surface area contributed by atoms with E-state index in [9.17, 15) is 0 Å². The summed E-state index contributed by atoms with van der Waals surface area (Å²) in [5, 5.41) is 10.3. The lowest BCUT2D eigenvalue weighted by molar-refractivity contribution is 1.31. The van der Waals surface area contributed by atoms with Crippen molar-refractivity contribution in [3.05, 3.63) is 164 Å². The second-order valence-electron chi connectivity index (χ2n) is 12.1. The van der Waals surface area contributed by atoms with E-state index in [4.69, 9.17) is 0 Å². The molecule has 10 rings (SSSR count). The maximum atomic E-state index is 2.46. The Labute approximate surface area is 280 Å². The molecule has 0 saturated heterocycles. The molecular weight excluding hydrogens is 607 g/mol. The molecule has 10 aromatic rings. The van der Waals surface area contributed by atoms with Gasteiger partial charge in [-0.05, 0) is 87.3 Å². The van der Waals surface area contributed by atoms with E-state index in [0.717, 1.165) is 11.4 Å². The van der Waals surface area contributed by atoms with Crippen molar-refractivity contribution in [1.82, 2.24) is 0 Å². The molecule has 0 aliphatic heterocycles. The SMILES string of the molecule is c1ccc2c(-c3ccc(N(c4ccc5ccc6sc7ccccc7c6c5c4)c4cccc5sc6ccccc6c45)cc3)cccc2c1. The van der Waals surface area contributed by atoms with Crippen LogP contribution in [0.5, 0.6) is 0 Å². The van der Waals surface area contributed by atoms with Crippen LogP contribution in [0.3, 0.4) is 0 Å². The Morgan fingerprint density at radius 3 is 1.74 bits per heavy atom. The van der Waals surface area contributed by atoms with Crippen molar-refractivity contribution in [2.24, 2.45) is 0 Å². The van der Waals surface area contributed by atoms with Crippen LogP contribution in [0.4, 0.5) is 17.1 Å². The van der Waals surface area contributed by atoms with Crippen LogP contribution in [0.1, 0.15) is 0 Å². The summed E-state index contributed by atoms with van der Waals surface area (Å²) in [6, 6.07) is 60.2. The Bertz CT molecular complexity index is 2800. The van der Waals surface area contributed by atoms with Crippen LogP contribution >= 0.6 is 22.7 Å². The van der Waals surface area contributed by atoms with Gasteiger partial charge in [0.25, 0.3) is 0 Å². The lowest BCUT2D eigenvalue weighted by Gasteiger charge is -2.27. The van der Waals surface area contributed by atoms with Crippen LogP contribution < -0.4 is 4.90 Å². The van der Waals surface area contributed by atoms with Gasteiger partial charge in [-0.2, -0.15) is 0 Å². The lowest BCUT2D eigenvalue weighted by atomic mass is 9.98. The van der Waals surface area contributed by atoms with E-state index in [1.807, 2.05) is 22.7 Å². The van der Waals surface area contributed by atoms with Crippen LogP contribution in [0.2, 0.25) is 0 Å². The summed E-state index contributed by atoms with van der Waals surface area (Å²) in [7, 11) is 0. The maximum Gasteiger partial charge on any atom is 0.0554 e. The summed E-state index contributed by atoms with van der Waals surface area (Å²) >= 11 is 3.74. The van der Waals surface area contributed by atoms with Gasteiger partial charge in [-0.3, -0.25) is 0 Å². The fraction of sp³-hybridized carbons (Fsp3) is 0. The van der Waals surface area contributed by atoms with Gasteiger partial charge in [0.05, 0.1) is 5.69 Å². The number of hydrogen-bond donors (Lipinski definition) is 0. The first kappa shape index (κ1) is 26.7. The zero-order chi connectivity index (χ0) is 30.9. The Hall–Kier alpha value is -5.48. The minimum Gasteiger partial charge on any atom is -0.310 e. The highest BCUT2D eigenvalue weighted by Crippen LogP contribution is 2.47. The Morgan fingerprint density at radius 2 is 0.936 bits per heavy atom. The molecule has 0 unspecified atom stereocenters.